The number of likely N-dealkylation sites (tertiary alicyclic amines) is 1. The molecule has 41 heavy (non-hydrogen) atoms. The molecule has 1 saturated heterocycles. The summed E-state index contributed by atoms with van der Waals surface area (Å²) >= 11 is 5.92. The smallest absolute Gasteiger partial charge is 0.489 e. The topological polar surface area (TPSA) is 92.0 Å². The summed E-state index contributed by atoms with van der Waals surface area (Å²) in [6, 6.07) is 17.5. The lowest BCUT2D eigenvalue weighted by molar-refractivity contribution is -0.192. The minimum Gasteiger partial charge on any atom is -0.489 e. The van der Waals surface area contributed by atoms with E-state index in [1.54, 1.807) is 16.8 Å². The molecule has 1 fully saturated rings. The van der Waals surface area contributed by atoms with Crippen molar-refractivity contribution in [3.05, 3.63) is 98.4 Å². The Bertz CT molecular complexity index is 1450. The van der Waals surface area contributed by atoms with Gasteiger partial charge in [0.05, 0.1) is 6.10 Å². The van der Waals surface area contributed by atoms with Crippen LogP contribution in [0.2, 0.25) is 5.02 Å². The molecule has 0 spiro atoms. The lowest BCUT2D eigenvalue weighted by Crippen LogP contribution is -2.35. The fourth-order valence-electron chi connectivity index (χ4n) is 4.69. The number of aliphatic carboxylic acids is 1. The predicted molar refractivity (Wildman–Crippen MR) is 150 cm³/mol. The molecule has 3 aromatic rings. The molecule has 5 rings (SSSR count). The number of carboxylic acid groups (broad SMARTS) is 1. The van der Waals surface area contributed by atoms with E-state index in [1.807, 2.05) is 30.3 Å². The molecule has 2 aliphatic rings. The molecule has 0 unspecified atom stereocenters. The van der Waals surface area contributed by atoms with Gasteiger partial charge in [-0.05, 0) is 72.2 Å². The van der Waals surface area contributed by atoms with E-state index >= 15 is 0 Å². The first-order chi connectivity index (χ1) is 19.5. The molecule has 0 saturated carbocycles. The van der Waals surface area contributed by atoms with Gasteiger partial charge in [0, 0.05) is 42.6 Å². The van der Waals surface area contributed by atoms with Crippen LogP contribution >= 0.6 is 11.6 Å². The maximum absolute atomic E-state index is 12.8. The van der Waals surface area contributed by atoms with Crippen LogP contribution in [0, 0.1) is 0 Å². The normalized spacial score (nSPS) is 15.8. The molecule has 0 atom stereocenters. The number of nitrogens with zero attached hydrogens (tertiary/aromatic N) is 2. The van der Waals surface area contributed by atoms with Gasteiger partial charge in [-0.15, -0.1) is 0 Å². The monoisotopic (exact) mass is 590 g/mol. The van der Waals surface area contributed by atoms with E-state index in [1.165, 1.54) is 16.7 Å². The lowest BCUT2D eigenvalue weighted by atomic mass is 9.93. The Morgan fingerprint density at radius 1 is 1.00 bits per heavy atom. The lowest BCUT2D eigenvalue weighted by Gasteiger charge is -2.29. The molecule has 11 heteroatoms. The number of fused-ring (bicyclic) bond motifs is 1. The summed E-state index contributed by atoms with van der Waals surface area (Å²) in [6.07, 6.45) is 2.14. The number of rotatable bonds is 6. The van der Waals surface area contributed by atoms with E-state index in [0.717, 1.165) is 56.6 Å². The second-order valence-corrected chi connectivity index (χ2v) is 10.4. The van der Waals surface area contributed by atoms with Gasteiger partial charge in [0.15, 0.2) is 0 Å². The van der Waals surface area contributed by atoms with Gasteiger partial charge in [0.2, 0.25) is 0 Å². The molecule has 1 aromatic heterocycles. The highest BCUT2D eigenvalue weighted by Gasteiger charge is 2.38. The van der Waals surface area contributed by atoms with Crippen molar-refractivity contribution in [2.75, 3.05) is 13.1 Å². The van der Waals surface area contributed by atoms with Crippen LogP contribution < -0.4 is 10.3 Å². The number of aliphatic hydroxyl groups is 1. The predicted octanol–water partition coefficient (Wildman–Crippen LogP) is 5.62. The Hall–Kier alpha value is -3.60. The minimum atomic E-state index is -5.08. The summed E-state index contributed by atoms with van der Waals surface area (Å²) in [6.45, 7) is 3.21. The third-order valence-electron chi connectivity index (χ3n) is 6.90. The Morgan fingerprint density at radius 2 is 1.66 bits per heavy atom. The number of carboxylic acids is 1. The van der Waals surface area contributed by atoms with Gasteiger partial charge in [0.1, 0.15) is 12.4 Å². The van der Waals surface area contributed by atoms with Gasteiger partial charge in [-0.2, -0.15) is 13.2 Å². The molecule has 218 valence electrons. The van der Waals surface area contributed by atoms with Crippen LogP contribution in [0.5, 0.6) is 5.75 Å². The van der Waals surface area contributed by atoms with Crippen molar-refractivity contribution in [2.24, 2.45) is 0 Å². The van der Waals surface area contributed by atoms with E-state index in [0.29, 0.717) is 17.4 Å². The van der Waals surface area contributed by atoms with Crippen molar-refractivity contribution in [1.82, 2.24) is 9.47 Å². The first-order valence-corrected chi connectivity index (χ1v) is 13.5. The highest BCUT2D eigenvalue weighted by atomic mass is 35.5. The summed E-state index contributed by atoms with van der Waals surface area (Å²) in [5.74, 6) is -2.20. The molecule has 2 N–H and O–H groups in total. The summed E-state index contributed by atoms with van der Waals surface area (Å²) in [5.41, 5.74) is 5.72. The Labute approximate surface area is 240 Å². The van der Waals surface area contributed by atoms with E-state index in [4.69, 9.17) is 26.2 Å². The number of aliphatic hydroxyl groups excluding tert-OH is 1. The summed E-state index contributed by atoms with van der Waals surface area (Å²) < 4.78 is 39.2. The second-order valence-electron chi connectivity index (χ2n) is 9.96. The number of halogens is 4. The number of pyridine rings is 1. The van der Waals surface area contributed by atoms with E-state index in [-0.39, 0.29) is 11.7 Å². The highest BCUT2D eigenvalue weighted by molar-refractivity contribution is 6.30. The van der Waals surface area contributed by atoms with Gasteiger partial charge >= 0.3 is 12.1 Å². The van der Waals surface area contributed by atoms with Crippen LogP contribution in [0.1, 0.15) is 41.5 Å². The maximum atomic E-state index is 12.8. The number of hydrogen-bond acceptors (Lipinski definition) is 5. The van der Waals surface area contributed by atoms with Crippen molar-refractivity contribution >= 4 is 29.3 Å². The molecule has 2 aromatic carbocycles. The van der Waals surface area contributed by atoms with Crippen LogP contribution in [-0.2, 0) is 24.4 Å². The first kappa shape index (κ1) is 30.4. The zero-order valence-electron chi connectivity index (χ0n) is 22.1. The molecular weight excluding hydrogens is 561 g/mol. The average Bonchev–Trinajstić information content (AvgIpc) is 2.94. The molecule has 1 aliphatic carbocycles. The quantitative estimate of drug-likeness (QED) is 0.387. The van der Waals surface area contributed by atoms with Crippen LogP contribution in [0.3, 0.4) is 0 Å². The van der Waals surface area contributed by atoms with Crippen molar-refractivity contribution in [3.8, 4) is 5.75 Å². The average molecular weight is 591 g/mol. The Kier molecular flexibility index (Phi) is 9.90. The summed E-state index contributed by atoms with van der Waals surface area (Å²) in [4.78, 5) is 24.1. The van der Waals surface area contributed by atoms with E-state index < -0.39 is 12.1 Å². The Morgan fingerprint density at radius 3 is 2.29 bits per heavy atom. The zero-order valence-corrected chi connectivity index (χ0v) is 22.9. The molecule has 2 heterocycles. The summed E-state index contributed by atoms with van der Waals surface area (Å²) in [5, 5.41) is 17.5. The zero-order chi connectivity index (χ0) is 29.6. The molecule has 7 nitrogen and oxygen atoms in total. The van der Waals surface area contributed by atoms with Gasteiger partial charge in [0.25, 0.3) is 5.56 Å². The van der Waals surface area contributed by atoms with Crippen LogP contribution in [0.25, 0.3) is 11.8 Å². The maximum Gasteiger partial charge on any atom is 0.490 e. The van der Waals surface area contributed by atoms with Gasteiger partial charge in [-0.1, -0.05) is 41.9 Å². The van der Waals surface area contributed by atoms with Crippen molar-refractivity contribution < 1.29 is 32.9 Å². The fraction of sp³-hybridized carbons (Fsp3) is 0.333. The number of piperidine rings is 1. The molecular formula is C30H30ClF3N2O5. The van der Waals surface area contributed by atoms with Crippen molar-refractivity contribution in [2.45, 2.75) is 51.1 Å². The minimum absolute atomic E-state index is 0.0905. The Balaban J connectivity index is 0.000000493. The largest absolute Gasteiger partial charge is 0.490 e. The van der Waals surface area contributed by atoms with Crippen molar-refractivity contribution in [3.63, 3.8) is 0 Å². The number of allylic oxidation sites excluding steroid dienone is 1. The highest BCUT2D eigenvalue weighted by Crippen LogP contribution is 2.28. The molecule has 0 bridgehead atoms. The number of aryl methyl sites for hydroxylation is 1. The number of aromatic nitrogens is 1. The third-order valence-corrected chi connectivity index (χ3v) is 7.16. The SMILES string of the molecule is O=C(O)C(F)(F)F.O=c1cc(OCc2ccc(Cl)cc2)ccn1C1=Cc2ccc(CN3CCC(O)CC3)cc2CC1. The number of ether oxygens (including phenoxy) is 1. The third kappa shape index (κ3) is 8.69. The molecule has 0 radical (unpaired) electrons. The second kappa shape index (κ2) is 13.4. The van der Waals surface area contributed by atoms with Crippen molar-refractivity contribution in [1.29, 1.82) is 0 Å². The van der Waals surface area contributed by atoms with Crippen LogP contribution in [0.15, 0.2) is 65.6 Å². The number of carbonyl (C=O) groups is 1. The molecule has 0 amide bonds. The summed E-state index contributed by atoms with van der Waals surface area (Å²) in [7, 11) is 0. The van der Waals surface area contributed by atoms with Gasteiger partial charge in [-0.25, -0.2) is 4.79 Å². The number of alkyl halides is 3. The van der Waals surface area contributed by atoms with E-state index in [9.17, 15) is 23.1 Å². The first-order valence-electron chi connectivity index (χ1n) is 13.1. The number of hydrogen-bond donors (Lipinski definition) is 2. The molecule has 1 aliphatic heterocycles. The van der Waals surface area contributed by atoms with E-state index in [2.05, 4.69) is 29.2 Å². The number of benzene rings is 2. The van der Waals surface area contributed by atoms with Crippen LogP contribution in [0.4, 0.5) is 13.2 Å². The standard InChI is InChI=1S/C28H29ClN2O3.C2HF3O2/c29-24-6-2-20(3-7-24)19-34-27-11-14-31(28(33)17-27)25-8-5-22-15-21(1-4-23(22)16-25)18-30-12-9-26(32)10-13-30;3-2(4,5)1(6)7/h1-4,6-7,11,14-17,26,32H,5,8-10,12-13,18-19H2;(H,6,7). The van der Waals surface area contributed by atoms with Gasteiger partial charge < -0.3 is 14.9 Å². The van der Waals surface area contributed by atoms with Gasteiger partial charge in [-0.3, -0.25) is 14.3 Å². The van der Waals surface area contributed by atoms with Crippen LogP contribution in [-0.4, -0.2) is 51.0 Å². The fourth-order valence-corrected chi connectivity index (χ4v) is 4.82.